The van der Waals surface area contributed by atoms with Gasteiger partial charge in [0, 0.05) is 25.1 Å². The van der Waals surface area contributed by atoms with Gasteiger partial charge >= 0.3 is 6.09 Å². The van der Waals surface area contributed by atoms with Gasteiger partial charge in [-0.05, 0) is 48.8 Å². The van der Waals surface area contributed by atoms with E-state index in [0.29, 0.717) is 24.0 Å². The van der Waals surface area contributed by atoms with E-state index < -0.39 is 17.7 Å². The van der Waals surface area contributed by atoms with Crippen molar-refractivity contribution in [1.82, 2.24) is 9.88 Å². The van der Waals surface area contributed by atoms with Crippen molar-refractivity contribution in [2.75, 3.05) is 6.54 Å². The van der Waals surface area contributed by atoms with Gasteiger partial charge in [0.2, 0.25) is 0 Å². The summed E-state index contributed by atoms with van der Waals surface area (Å²) in [6.07, 6.45) is 0.350. The van der Waals surface area contributed by atoms with E-state index in [1.807, 2.05) is 39.0 Å². The minimum Gasteiger partial charge on any atom is -0.444 e. The van der Waals surface area contributed by atoms with Crippen molar-refractivity contribution >= 4 is 27.8 Å². The summed E-state index contributed by atoms with van der Waals surface area (Å²) in [6.45, 7) is 5.85. The Morgan fingerprint density at radius 3 is 2.81 bits per heavy atom. The Hall–Kier alpha value is -1.43. The number of hydrogen-bond acceptors (Lipinski definition) is 4. The van der Waals surface area contributed by atoms with Gasteiger partial charge in [0.05, 0.1) is 6.04 Å². The number of likely N-dealkylation sites (tertiary alicyclic amines) is 1. The van der Waals surface area contributed by atoms with Crippen LogP contribution in [0.25, 0.3) is 0 Å². The lowest BCUT2D eigenvalue weighted by atomic mass is 10.1. The molecule has 0 bridgehead atoms. The van der Waals surface area contributed by atoms with Crippen molar-refractivity contribution in [3.05, 3.63) is 28.5 Å². The summed E-state index contributed by atoms with van der Waals surface area (Å²) < 4.78 is 6.08. The molecule has 5 nitrogen and oxygen atoms in total. The molecule has 1 aliphatic heterocycles. The molecule has 2 heterocycles. The molecule has 0 radical (unpaired) electrons. The Morgan fingerprint density at radius 2 is 2.19 bits per heavy atom. The first-order chi connectivity index (χ1) is 9.76. The molecule has 114 valence electrons. The van der Waals surface area contributed by atoms with Crippen LogP contribution in [0.15, 0.2) is 22.8 Å². The first-order valence-corrected chi connectivity index (χ1v) is 7.69. The van der Waals surface area contributed by atoms with Crippen LogP contribution in [0.5, 0.6) is 0 Å². The second kappa shape index (κ2) is 6.13. The molecule has 1 unspecified atom stereocenters. The van der Waals surface area contributed by atoms with Crippen molar-refractivity contribution in [1.29, 1.82) is 0 Å². The van der Waals surface area contributed by atoms with Gasteiger partial charge in [-0.25, -0.2) is 9.78 Å². The number of Topliss-reactive ketones (excluding diaryl/α,β-unsaturated/α-hetero) is 1. The van der Waals surface area contributed by atoms with E-state index in [4.69, 9.17) is 4.74 Å². The minimum atomic E-state index is -0.568. The minimum absolute atomic E-state index is 0.0580. The van der Waals surface area contributed by atoms with Crippen LogP contribution in [0.3, 0.4) is 0 Å². The normalized spacial score (nSPS) is 19.0. The smallest absolute Gasteiger partial charge is 0.410 e. The molecule has 1 fully saturated rings. The summed E-state index contributed by atoms with van der Waals surface area (Å²) in [7, 11) is 0. The quantitative estimate of drug-likeness (QED) is 0.766. The van der Waals surface area contributed by atoms with Crippen LogP contribution >= 0.6 is 15.9 Å². The monoisotopic (exact) mass is 354 g/mol. The predicted octanol–water partition coefficient (Wildman–Crippen LogP) is 2.97. The number of hydrogen-bond donors (Lipinski definition) is 0. The number of carbonyl (C=O) groups is 2. The fraction of sp³-hybridized carbons (Fsp3) is 0.533. The van der Waals surface area contributed by atoms with E-state index in [-0.39, 0.29) is 5.78 Å². The fourth-order valence-corrected chi connectivity index (χ4v) is 2.63. The maximum atomic E-state index is 12.2. The van der Waals surface area contributed by atoms with Gasteiger partial charge in [-0.15, -0.1) is 0 Å². The second-order valence-electron chi connectivity index (χ2n) is 6.06. The standard InChI is InChI=1S/C15H19BrN2O3/c1-15(2,3)21-14(20)18-8-7-12(19)11(18)9-10-5-4-6-13(16)17-10/h4-6,11H,7-9H2,1-3H3. The summed E-state index contributed by atoms with van der Waals surface area (Å²) in [5.74, 6) is 0.0580. The van der Waals surface area contributed by atoms with Crippen molar-refractivity contribution in [3.8, 4) is 0 Å². The number of rotatable bonds is 2. The molecule has 1 aromatic rings. The third kappa shape index (κ3) is 4.27. The molecular weight excluding hydrogens is 336 g/mol. The zero-order valence-electron chi connectivity index (χ0n) is 12.4. The molecular formula is C15H19BrN2O3. The average molecular weight is 355 g/mol. The molecule has 1 saturated heterocycles. The third-order valence-corrected chi connectivity index (χ3v) is 3.59. The maximum absolute atomic E-state index is 12.2. The Morgan fingerprint density at radius 1 is 1.48 bits per heavy atom. The lowest BCUT2D eigenvalue weighted by molar-refractivity contribution is -0.120. The van der Waals surface area contributed by atoms with Crippen LogP contribution in [0.4, 0.5) is 4.79 Å². The first-order valence-electron chi connectivity index (χ1n) is 6.90. The van der Waals surface area contributed by atoms with E-state index >= 15 is 0 Å². The summed E-state index contributed by atoms with van der Waals surface area (Å²) >= 11 is 3.31. The van der Waals surface area contributed by atoms with Crippen molar-refractivity contribution in [2.45, 2.75) is 45.3 Å². The van der Waals surface area contributed by atoms with Crippen LogP contribution in [0, 0.1) is 0 Å². The molecule has 1 amide bonds. The Balaban J connectivity index is 2.12. The van der Waals surface area contributed by atoms with Gasteiger partial charge in [-0.3, -0.25) is 9.69 Å². The second-order valence-corrected chi connectivity index (χ2v) is 6.87. The number of ketones is 1. The zero-order valence-corrected chi connectivity index (χ0v) is 14.0. The molecule has 0 aliphatic carbocycles. The molecule has 6 heteroatoms. The summed E-state index contributed by atoms with van der Waals surface area (Å²) in [6, 6.07) is 5.06. The van der Waals surface area contributed by atoms with Gasteiger partial charge in [0.1, 0.15) is 10.2 Å². The zero-order chi connectivity index (χ0) is 15.6. The first kappa shape index (κ1) is 15.9. The molecule has 21 heavy (non-hydrogen) atoms. The van der Waals surface area contributed by atoms with Crippen molar-refractivity contribution in [3.63, 3.8) is 0 Å². The fourth-order valence-electron chi connectivity index (χ4n) is 2.25. The van der Waals surface area contributed by atoms with Crippen LogP contribution < -0.4 is 0 Å². The van der Waals surface area contributed by atoms with E-state index in [0.717, 1.165) is 5.69 Å². The van der Waals surface area contributed by atoms with E-state index in [1.165, 1.54) is 4.90 Å². The number of nitrogens with zero attached hydrogens (tertiary/aromatic N) is 2. The molecule has 0 aromatic carbocycles. The number of amides is 1. The van der Waals surface area contributed by atoms with Crippen LogP contribution in [0.1, 0.15) is 32.9 Å². The van der Waals surface area contributed by atoms with Crippen molar-refractivity contribution < 1.29 is 14.3 Å². The number of pyridine rings is 1. The lowest BCUT2D eigenvalue weighted by Gasteiger charge is -2.27. The molecule has 0 saturated carbocycles. The van der Waals surface area contributed by atoms with Crippen LogP contribution in [0.2, 0.25) is 0 Å². The lowest BCUT2D eigenvalue weighted by Crippen LogP contribution is -2.42. The highest BCUT2D eigenvalue weighted by Gasteiger charge is 2.38. The average Bonchev–Trinajstić information content (AvgIpc) is 2.69. The Bertz CT molecular complexity index is 554. The Kier molecular flexibility index (Phi) is 4.66. The van der Waals surface area contributed by atoms with Gasteiger partial charge in [-0.1, -0.05) is 6.07 Å². The molecule has 2 rings (SSSR count). The summed E-state index contributed by atoms with van der Waals surface area (Å²) in [5, 5.41) is 0. The topological polar surface area (TPSA) is 59.5 Å². The number of halogens is 1. The number of ether oxygens (including phenoxy) is 1. The SMILES string of the molecule is CC(C)(C)OC(=O)N1CCC(=O)C1Cc1cccc(Br)n1. The van der Waals surface area contributed by atoms with Crippen LogP contribution in [-0.2, 0) is 16.0 Å². The molecule has 0 N–H and O–H groups in total. The van der Waals surface area contributed by atoms with E-state index in [2.05, 4.69) is 20.9 Å². The third-order valence-electron chi connectivity index (χ3n) is 3.15. The van der Waals surface area contributed by atoms with Gasteiger partial charge in [-0.2, -0.15) is 0 Å². The highest BCUT2D eigenvalue weighted by atomic mass is 79.9. The highest BCUT2D eigenvalue weighted by molar-refractivity contribution is 9.10. The van der Waals surface area contributed by atoms with E-state index in [9.17, 15) is 9.59 Å². The van der Waals surface area contributed by atoms with Gasteiger partial charge < -0.3 is 4.74 Å². The Labute approximate surface area is 132 Å². The van der Waals surface area contributed by atoms with Crippen LogP contribution in [-0.4, -0.2) is 39.9 Å². The molecule has 1 aromatic heterocycles. The largest absolute Gasteiger partial charge is 0.444 e. The summed E-state index contributed by atoms with van der Waals surface area (Å²) in [4.78, 5) is 30.1. The predicted molar refractivity (Wildman–Crippen MR) is 82.0 cm³/mol. The highest BCUT2D eigenvalue weighted by Crippen LogP contribution is 2.21. The van der Waals surface area contributed by atoms with E-state index in [1.54, 1.807) is 0 Å². The maximum Gasteiger partial charge on any atom is 0.410 e. The van der Waals surface area contributed by atoms with Gasteiger partial charge in [0.25, 0.3) is 0 Å². The summed E-state index contributed by atoms with van der Waals surface area (Å²) in [5.41, 5.74) is 0.208. The van der Waals surface area contributed by atoms with Gasteiger partial charge in [0.15, 0.2) is 5.78 Å². The van der Waals surface area contributed by atoms with Crippen molar-refractivity contribution in [2.24, 2.45) is 0 Å². The molecule has 1 atom stereocenters. The molecule has 1 aliphatic rings. The molecule has 0 spiro atoms. The number of aromatic nitrogens is 1. The number of carbonyl (C=O) groups excluding carboxylic acids is 2.